The van der Waals surface area contributed by atoms with Crippen molar-refractivity contribution in [2.45, 2.75) is 50.8 Å². The first-order valence-electron chi connectivity index (χ1n) is 13.2. The van der Waals surface area contributed by atoms with Crippen molar-refractivity contribution >= 4 is 0 Å². The van der Waals surface area contributed by atoms with E-state index in [1.807, 2.05) is 72.8 Å². The van der Waals surface area contributed by atoms with Gasteiger partial charge >= 0.3 is 0 Å². The summed E-state index contributed by atoms with van der Waals surface area (Å²) in [4.78, 5) is 0. The van der Waals surface area contributed by atoms with E-state index in [0.717, 1.165) is 22.3 Å². The van der Waals surface area contributed by atoms with E-state index < -0.39 is 0 Å². The Labute approximate surface area is 225 Å². The van der Waals surface area contributed by atoms with Gasteiger partial charge < -0.3 is 18.9 Å². The molecule has 0 amide bonds. The van der Waals surface area contributed by atoms with Gasteiger partial charge in [-0.3, -0.25) is 0 Å². The number of hydrogen-bond donors (Lipinski definition) is 0. The highest BCUT2D eigenvalue weighted by molar-refractivity contribution is 5.18. The summed E-state index contributed by atoms with van der Waals surface area (Å²) < 4.78 is 26.0. The molecule has 5 rings (SSSR count). The van der Waals surface area contributed by atoms with Crippen LogP contribution in [0.15, 0.2) is 133 Å². The van der Waals surface area contributed by atoms with Gasteiger partial charge in [0.05, 0.1) is 26.4 Å². The van der Waals surface area contributed by atoms with Gasteiger partial charge in [0.1, 0.15) is 24.4 Å². The van der Waals surface area contributed by atoms with Crippen molar-refractivity contribution in [2.24, 2.45) is 0 Å². The van der Waals surface area contributed by atoms with Crippen LogP contribution in [0.4, 0.5) is 0 Å². The molecule has 0 fully saturated rings. The maximum Gasteiger partial charge on any atom is 0.117 e. The van der Waals surface area contributed by atoms with Crippen LogP contribution >= 0.6 is 0 Å². The molecule has 1 aliphatic rings. The van der Waals surface area contributed by atoms with Gasteiger partial charge in [-0.05, 0) is 22.3 Å². The monoisotopic (exact) mass is 506 g/mol. The number of ether oxygens (including phenoxy) is 4. The fraction of sp³-hybridized carbons (Fsp3) is 0.235. The van der Waals surface area contributed by atoms with E-state index in [-0.39, 0.29) is 24.4 Å². The van der Waals surface area contributed by atoms with Crippen molar-refractivity contribution in [1.29, 1.82) is 0 Å². The normalized spacial score (nSPS) is 20.8. The average molecular weight is 507 g/mol. The summed E-state index contributed by atoms with van der Waals surface area (Å²) in [6.07, 6.45) is 2.86. The maximum atomic E-state index is 6.57. The van der Waals surface area contributed by atoms with Crippen molar-refractivity contribution in [3.63, 3.8) is 0 Å². The summed E-state index contributed by atoms with van der Waals surface area (Å²) >= 11 is 0. The first-order valence-corrected chi connectivity index (χ1v) is 13.2. The predicted octanol–water partition coefficient (Wildman–Crippen LogP) is 6.90. The minimum absolute atomic E-state index is 0.281. The first kappa shape index (κ1) is 26.1. The van der Waals surface area contributed by atoms with Gasteiger partial charge in [0, 0.05) is 0 Å². The Balaban J connectivity index is 1.37. The van der Waals surface area contributed by atoms with Crippen molar-refractivity contribution in [3.05, 3.63) is 156 Å². The molecule has 194 valence electrons. The molecule has 0 unspecified atom stereocenters. The lowest BCUT2D eigenvalue weighted by Crippen LogP contribution is -2.51. The first-order chi connectivity index (χ1) is 18.8. The van der Waals surface area contributed by atoms with Crippen molar-refractivity contribution in [1.82, 2.24) is 0 Å². The molecule has 4 heteroatoms. The lowest BCUT2D eigenvalue weighted by Gasteiger charge is -2.39. The van der Waals surface area contributed by atoms with Crippen LogP contribution in [0.1, 0.15) is 22.3 Å². The van der Waals surface area contributed by atoms with E-state index in [4.69, 9.17) is 18.9 Å². The topological polar surface area (TPSA) is 36.9 Å². The molecule has 38 heavy (non-hydrogen) atoms. The largest absolute Gasteiger partial charge is 0.368 e. The van der Waals surface area contributed by atoms with E-state index in [9.17, 15) is 0 Å². The summed E-state index contributed by atoms with van der Waals surface area (Å²) in [6.45, 7) is 1.90. The second-order valence-electron chi connectivity index (χ2n) is 9.43. The van der Waals surface area contributed by atoms with Crippen LogP contribution in [0.2, 0.25) is 0 Å². The number of rotatable bonds is 12. The molecule has 4 atom stereocenters. The summed E-state index contributed by atoms with van der Waals surface area (Å²) in [5.74, 6) is 0. The predicted molar refractivity (Wildman–Crippen MR) is 149 cm³/mol. The SMILES string of the molecule is C1=C[C@@H](OCc2ccccc2)[C@H](OCc2ccccc2)[C@H](OCc2ccccc2)[C@H]1OCc1ccccc1. The quantitative estimate of drug-likeness (QED) is 0.196. The molecule has 1 aliphatic carbocycles. The molecule has 4 nitrogen and oxygen atoms in total. The zero-order valence-electron chi connectivity index (χ0n) is 21.5. The van der Waals surface area contributed by atoms with Crippen LogP contribution in [0.25, 0.3) is 0 Å². The van der Waals surface area contributed by atoms with E-state index in [2.05, 4.69) is 60.7 Å². The van der Waals surface area contributed by atoms with Crippen LogP contribution in [0.5, 0.6) is 0 Å². The molecule has 0 saturated carbocycles. The second kappa shape index (κ2) is 13.8. The molecule has 0 N–H and O–H groups in total. The fourth-order valence-electron chi connectivity index (χ4n) is 4.56. The number of hydrogen-bond acceptors (Lipinski definition) is 4. The molecule has 0 spiro atoms. The Bertz CT molecular complexity index is 1130. The highest BCUT2D eigenvalue weighted by Crippen LogP contribution is 2.28. The summed E-state index contributed by atoms with van der Waals surface area (Å²) in [5, 5.41) is 0. The van der Waals surface area contributed by atoms with Crippen LogP contribution in [-0.4, -0.2) is 24.4 Å². The van der Waals surface area contributed by atoms with Gasteiger partial charge in [0.2, 0.25) is 0 Å². The van der Waals surface area contributed by atoms with Gasteiger partial charge in [-0.15, -0.1) is 0 Å². The lowest BCUT2D eigenvalue weighted by molar-refractivity contribution is -0.178. The molecular formula is C34H34O4. The van der Waals surface area contributed by atoms with Crippen molar-refractivity contribution in [3.8, 4) is 0 Å². The molecule has 0 saturated heterocycles. The Morgan fingerprint density at radius 3 is 0.895 bits per heavy atom. The van der Waals surface area contributed by atoms with E-state index in [1.165, 1.54) is 0 Å². The van der Waals surface area contributed by atoms with E-state index >= 15 is 0 Å². The van der Waals surface area contributed by atoms with Gasteiger partial charge in [0.25, 0.3) is 0 Å². The molecule has 0 aliphatic heterocycles. The Kier molecular flexibility index (Phi) is 9.50. The minimum Gasteiger partial charge on any atom is -0.368 e. The Morgan fingerprint density at radius 2 is 0.605 bits per heavy atom. The Hall–Kier alpha value is -3.54. The summed E-state index contributed by atoms with van der Waals surface area (Å²) in [7, 11) is 0. The molecular weight excluding hydrogens is 472 g/mol. The van der Waals surface area contributed by atoms with Crippen LogP contribution in [0.3, 0.4) is 0 Å². The lowest BCUT2D eigenvalue weighted by atomic mass is 9.95. The third-order valence-electron chi connectivity index (χ3n) is 6.60. The van der Waals surface area contributed by atoms with Crippen LogP contribution < -0.4 is 0 Å². The minimum atomic E-state index is -0.353. The van der Waals surface area contributed by atoms with Gasteiger partial charge in [-0.2, -0.15) is 0 Å². The smallest absolute Gasteiger partial charge is 0.117 e. The molecule has 0 aromatic heterocycles. The van der Waals surface area contributed by atoms with Crippen molar-refractivity contribution in [2.75, 3.05) is 0 Å². The third-order valence-corrected chi connectivity index (χ3v) is 6.60. The molecule has 0 radical (unpaired) electrons. The molecule has 4 aromatic carbocycles. The van der Waals surface area contributed by atoms with Crippen LogP contribution in [-0.2, 0) is 45.4 Å². The maximum absolute atomic E-state index is 6.57. The van der Waals surface area contributed by atoms with E-state index in [0.29, 0.717) is 26.4 Å². The molecule has 0 bridgehead atoms. The van der Waals surface area contributed by atoms with Gasteiger partial charge in [-0.1, -0.05) is 133 Å². The third kappa shape index (κ3) is 7.50. The standard InChI is InChI=1S/C34H34O4/c1-5-13-27(14-6-1)23-35-31-21-22-32(36-24-28-15-7-2-8-16-28)34(38-26-30-19-11-4-12-20-30)33(31)37-25-29-17-9-3-10-18-29/h1-22,31-34H,23-26H2/t31-,32+,33+,34-. The molecule has 0 heterocycles. The highest BCUT2D eigenvalue weighted by atomic mass is 16.6. The molecule has 4 aromatic rings. The Morgan fingerprint density at radius 1 is 0.342 bits per heavy atom. The summed E-state index contributed by atoms with van der Waals surface area (Å²) in [5.41, 5.74) is 4.44. The van der Waals surface area contributed by atoms with Crippen LogP contribution in [0, 0.1) is 0 Å². The summed E-state index contributed by atoms with van der Waals surface area (Å²) in [6, 6.07) is 40.8. The van der Waals surface area contributed by atoms with E-state index in [1.54, 1.807) is 0 Å². The van der Waals surface area contributed by atoms with Crippen molar-refractivity contribution < 1.29 is 18.9 Å². The average Bonchev–Trinajstić information content (AvgIpc) is 2.99. The fourth-order valence-corrected chi connectivity index (χ4v) is 4.56. The van der Waals surface area contributed by atoms with Gasteiger partial charge in [0.15, 0.2) is 0 Å². The number of benzene rings is 4. The highest BCUT2D eigenvalue weighted by Gasteiger charge is 2.39. The van der Waals surface area contributed by atoms with Gasteiger partial charge in [-0.25, -0.2) is 0 Å². The second-order valence-corrected chi connectivity index (χ2v) is 9.43. The zero-order valence-corrected chi connectivity index (χ0v) is 21.5. The zero-order chi connectivity index (χ0) is 25.8.